The molecule has 0 aliphatic heterocycles. The van der Waals surface area contributed by atoms with Crippen LogP contribution in [0.5, 0.6) is 0 Å². The quantitative estimate of drug-likeness (QED) is 0.789. The molecule has 0 fully saturated rings. The zero-order chi connectivity index (χ0) is 14.9. The van der Waals surface area contributed by atoms with Crippen molar-refractivity contribution >= 4 is 35.1 Å². The molecule has 0 unspecified atom stereocenters. The van der Waals surface area contributed by atoms with E-state index in [2.05, 4.69) is 5.10 Å². The Kier molecular flexibility index (Phi) is 3.96. The van der Waals surface area contributed by atoms with Gasteiger partial charge in [0.05, 0.1) is 24.2 Å². The third kappa shape index (κ3) is 2.92. The largest absolute Gasteiger partial charge is 0.543 e. The van der Waals surface area contributed by atoms with Crippen molar-refractivity contribution in [1.82, 2.24) is 9.78 Å². The number of aromatic nitrogens is 2. The number of halogens is 2. The average Bonchev–Trinajstić information content (AvgIpc) is 2.77. The number of nitrogens with zero attached hydrogens (tertiary/aromatic N) is 2. The normalized spacial score (nSPS) is 10.5. The number of hydrogen-bond donors (Lipinski definition) is 0. The van der Waals surface area contributed by atoms with Gasteiger partial charge in [-0.3, -0.25) is 4.68 Å². The maximum Gasteiger partial charge on any atom is 0.108 e. The summed E-state index contributed by atoms with van der Waals surface area (Å²) in [6.45, 7) is -0.0351. The van der Waals surface area contributed by atoms with E-state index in [4.69, 9.17) is 23.2 Å². The van der Waals surface area contributed by atoms with E-state index in [0.717, 1.165) is 10.7 Å². The molecule has 2 aromatic rings. The highest BCUT2D eigenvalue weighted by Gasteiger charge is 2.11. The molecule has 2 rings (SSSR count). The number of carboxylic acid groups (broad SMARTS) is 2. The Morgan fingerprint density at radius 3 is 2.40 bits per heavy atom. The maximum atomic E-state index is 10.9. The number of benzene rings is 1. The zero-order valence-electron chi connectivity index (χ0n) is 9.80. The fraction of sp³-hybridized carbons (Fsp3) is 0.0833. The summed E-state index contributed by atoms with van der Waals surface area (Å²) in [4.78, 5) is 21.7. The molecular formula is C12H6Cl2N2O4-2. The smallest absolute Gasteiger partial charge is 0.108 e. The van der Waals surface area contributed by atoms with Crippen LogP contribution in [0.15, 0.2) is 24.3 Å². The Bertz CT molecular complexity index is 697. The van der Waals surface area contributed by atoms with E-state index in [-0.39, 0.29) is 12.2 Å². The van der Waals surface area contributed by atoms with Crippen molar-refractivity contribution in [3.63, 3.8) is 0 Å². The van der Waals surface area contributed by atoms with E-state index in [1.165, 1.54) is 6.07 Å². The number of aromatic carboxylic acids is 2. The van der Waals surface area contributed by atoms with E-state index < -0.39 is 17.6 Å². The molecule has 8 heteroatoms. The monoisotopic (exact) mass is 312 g/mol. The van der Waals surface area contributed by atoms with Crippen molar-refractivity contribution in [1.29, 1.82) is 0 Å². The van der Waals surface area contributed by atoms with Gasteiger partial charge < -0.3 is 19.8 Å². The number of rotatable bonds is 4. The van der Waals surface area contributed by atoms with Crippen LogP contribution >= 0.6 is 23.2 Å². The molecule has 0 saturated heterocycles. The van der Waals surface area contributed by atoms with Gasteiger partial charge in [-0.2, -0.15) is 5.10 Å². The fourth-order valence-electron chi connectivity index (χ4n) is 1.61. The molecule has 20 heavy (non-hydrogen) atoms. The molecule has 0 aliphatic carbocycles. The Hall–Kier alpha value is -2.05. The van der Waals surface area contributed by atoms with Gasteiger partial charge in [-0.1, -0.05) is 29.3 Å². The van der Waals surface area contributed by atoms with Gasteiger partial charge in [-0.15, -0.1) is 0 Å². The van der Waals surface area contributed by atoms with Crippen LogP contribution in [0.25, 0.3) is 0 Å². The predicted molar refractivity (Wildman–Crippen MR) is 66.5 cm³/mol. The number of carboxylic acids is 2. The van der Waals surface area contributed by atoms with Crippen molar-refractivity contribution in [3.05, 3.63) is 51.3 Å². The molecule has 0 atom stereocenters. The van der Waals surface area contributed by atoms with Gasteiger partial charge in [0.2, 0.25) is 0 Å². The van der Waals surface area contributed by atoms with Crippen molar-refractivity contribution in [2.24, 2.45) is 0 Å². The summed E-state index contributed by atoms with van der Waals surface area (Å²) in [6, 6.07) is 5.52. The second-order valence-electron chi connectivity index (χ2n) is 3.88. The van der Waals surface area contributed by atoms with Crippen LogP contribution in [0.2, 0.25) is 10.0 Å². The summed E-state index contributed by atoms with van der Waals surface area (Å²) in [7, 11) is 0. The van der Waals surface area contributed by atoms with Gasteiger partial charge in [-0.25, -0.2) is 0 Å². The van der Waals surface area contributed by atoms with E-state index >= 15 is 0 Å². The Balaban J connectivity index is 2.42. The summed E-state index contributed by atoms with van der Waals surface area (Å²) in [5.74, 6) is -3.12. The Labute approximate surface area is 123 Å². The molecule has 104 valence electrons. The minimum absolute atomic E-state index is 0.0351. The number of carbonyl (C=O) groups excluding carboxylic acids is 2. The zero-order valence-corrected chi connectivity index (χ0v) is 11.3. The highest BCUT2D eigenvalue weighted by atomic mass is 35.5. The van der Waals surface area contributed by atoms with Crippen LogP contribution in [0, 0.1) is 0 Å². The number of hydrogen-bond acceptors (Lipinski definition) is 5. The van der Waals surface area contributed by atoms with Crippen LogP contribution < -0.4 is 10.2 Å². The molecule has 0 bridgehead atoms. The molecule has 1 aromatic carbocycles. The van der Waals surface area contributed by atoms with Gasteiger partial charge in [0, 0.05) is 10.0 Å². The van der Waals surface area contributed by atoms with Crippen LogP contribution in [0.1, 0.15) is 26.5 Å². The predicted octanol–water partition coefficient (Wildman–Crippen LogP) is -0.0348. The lowest BCUT2D eigenvalue weighted by atomic mass is 10.2. The number of carbonyl (C=O) groups is 2. The van der Waals surface area contributed by atoms with E-state index in [1.807, 2.05) is 0 Å². The van der Waals surface area contributed by atoms with Crippen molar-refractivity contribution in [2.75, 3.05) is 0 Å². The fourth-order valence-corrected chi connectivity index (χ4v) is 2.08. The van der Waals surface area contributed by atoms with Crippen LogP contribution in [-0.4, -0.2) is 21.7 Å². The van der Waals surface area contributed by atoms with Crippen LogP contribution in [0.3, 0.4) is 0 Å². The molecule has 1 aromatic heterocycles. The molecule has 0 radical (unpaired) electrons. The second-order valence-corrected chi connectivity index (χ2v) is 4.73. The SMILES string of the molecule is O=C([O-])c1cc(C(=O)[O-])n(Cc2ccc(Cl)cc2Cl)n1. The first kappa shape index (κ1) is 14.4. The van der Waals surface area contributed by atoms with Crippen LogP contribution in [-0.2, 0) is 6.54 Å². The van der Waals surface area contributed by atoms with Gasteiger partial charge >= 0.3 is 0 Å². The molecule has 0 spiro atoms. The third-order valence-electron chi connectivity index (χ3n) is 2.53. The van der Waals surface area contributed by atoms with E-state index in [0.29, 0.717) is 15.6 Å². The molecule has 1 heterocycles. The standard InChI is InChI=1S/C12H8Cl2N2O4/c13-7-2-1-6(8(14)3-7)5-16-10(12(19)20)4-9(15-16)11(17)18/h1-4H,5H2,(H,17,18)(H,19,20)/p-2. The average molecular weight is 313 g/mol. The molecule has 0 amide bonds. The first-order valence-electron chi connectivity index (χ1n) is 5.33. The first-order chi connectivity index (χ1) is 9.38. The Morgan fingerprint density at radius 1 is 1.15 bits per heavy atom. The van der Waals surface area contributed by atoms with Gasteiger partial charge in [0.25, 0.3) is 0 Å². The highest BCUT2D eigenvalue weighted by molar-refractivity contribution is 6.35. The van der Waals surface area contributed by atoms with Gasteiger partial charge in [0.15, 0.2) is 0 Å². The highest BCUT2D eigenvalue weighted by Crippen LogP contribution is 2.22. The lowest BCUT2D eigenvalue weighted by Gasteiger charge is -2.09. The molecule has 0 saturated carbocycles. The summed E-state index contributed by atoms with van der Waals surface area (Å²) in [6.07, 6.45) is 0. The molecule has 0 N–H and O–H groups in total. The van der Waals surface area contributed by atoms with Crippen LogP contribution in [0.4, 0.5) is 0 Å². The summed E-state index contributed by atoms with van der Waals surface area (Å²) in [5, 5.41) is 26.0. The van der Waals surface area contributed by atoms with Gasteiger partial charge in [0.1, 0.15) is 5.69 Å². The lowest BCUT2D eigenvalue weighted by Crippen LogP contribution is -2.26. The Morgan fingerprint density at radius 2 is 1.85 bits per heavy atom. The minimum Gasteiger partial charge on any atom is -0.543 e. The molecular weight excluding hydrogens is 307 g/mol. The maximum absolute atomic E-state index is 10.9. The lowest BCUT2D eigenvalue weighted by molar-refractivity contribution is -0.256. The second kappa shape index (κ2) is 5.52. The van der Waals surface area contributed by atoms with Crippen molar-refractivity contribution < 1.29 is 19.8 Å². The van der Waals surface area contributed by atoms with E-state index in [1.54, 1.807) is 12.1 Å². The van der Waals surface area contributed by atoms with Crippen molar-refractivity contribution in [3.8, 4) is 0 Å². The molecule has 0 aliphatic rings. The summed E-state index contributed by atoms with van der Waals surface area (Å²) in [5.41, 5.74) is -0.337. The topological polar surface area (TPSA) is 98.1 Å². The summed E-state index contributed by atoms with van der Waals surface area (Å²) < 4.78 is 0.968. The van der Waals surface area contributed by atoms with Crippen molar-refractivity contribution in [2.45, 2.75) is 6.54 Å². The molecule has 6 nitrogen and oxygen atoms in total. The minimum atomic E-state index is -1.58. The van der Waals surface area contributed by atoms with E-state index in [9.17, 15) is 19.8 Å². The first-order valence-corrected chi connectivity index (χ1v) is 6.08. The van der Waals surface area contributed by atoms with Gasteiger partial charge in [-0.05, 0) is 23.8 Å². The third-order valence-corrected chi connectivity index (χ3v) is 3.12. The summed E-state index contributed by atoms with van der Waals surface area (Å²) >= 11 is 11.7.